The topological polar surface area (TPSA) is 18.5 Å². The number of rotatable bonds is 8. The SMILES string of the molecule is CCCN1CCC(NCC(CC(C)C)N(C)C)CC1. The zero-order valence-corrected chi connectivity index (χ0v) is 13.8. The molecule has 1 saturated heterocycles. The summed E-state index contributed by atoms with van der Waals surface area (Å²) in [6.07, 6.45) is 5.22. The second-order valence-electron chi connectivity index (χ2n) is 6.77. The Morgan fingerprint density at radius 3 is 2.32 bits per heavy atom. The fourth-order valence-electron chi connectivity index (χ4n) is 3.00. The third kappa shape index (κ3) is 6.73. The van der Waals surface area contributed by atoms with Crippen molar-refractivity contribution in [2.24, 2.45) is 5.92 Å². The molecule has 0 aromatic rings. The summed E-state index contributed by atoms with van der Waals surface area (Å²) >= 11 is 0. The van der Waals surface area contributed by atoms with Crippen LogP contribution in [-0.4, -0.2) is 62.2 Å². The highest BCUT2D eigenvalue weighted by Crippen LogP contribution is 2.12. The number of likely N-dealkylation sites (N-methyl/N-ethyl adjacent to an activating group) is 1. The van der Waals surface area contributed by atoms with Gasteiger partial charge in [-0.3, -0.25) is 0 Å². The van der Waals surface area contributed by atoms with Crippen LogP contribution in [0, 0.1) is 5.92 Å². The second-order valence-corrected chi connectivity index (χ2v) is 6.77. The molecule has 1 heterocycles. The highest BCUT2D eigenvalue weighted by molar-refractivity contribution is 4.80. The summed E-state index contributed by atoms with van der Waals surface area (Å²) in [6.45, 7) is 11.9. The molecule has 3 heteroatoms. The van der Waals surface area contributed by atoms with Gasteiger partial charge < -0.3 is 15.1 Å². The molecule has 0 radical (unpaired) electrons. The lowest BCUT2D eigenvalue weighted by molar-refractivity contribution is 0.183. The van der Waals surface area contributed by atoms with Crippen LogP contribution in [-0.2, 0) is 0 Å². The third-order valence-electron chi connectivity index (χ3n) is 4.24. The first-order valence-electron chi connectivity index (χ1n) is 8.15. The lowest BCUT2D eigenvalue weighted by Crippen LogP contribution is -2.47. The highest BCUT2D eigenvalue weighted by Gasteiger charge is 2.20. The van der Waals surface area contributed by atoms with E-state index in [0.29, 0.717) is 6.04 Å². The number of nitrogens with one attached hydrogen (secondary N) is 1. The van der Waals surface area contributed by atoms with Crippen LogP contribution < -0.4 is 5.32 Å². The van der Waals surface area contributed by atoms with Gasteiger partial charge in [-0.1, -0.05) is 20.8 Å². The van der Waals surface area contributed by atoms with E-state index >= 15 is 0 Å². The number of piperidine rings is 1. The van der Waals surface area contributed by atoms with E-state index in [0.717, 1.165) is 18.5 Å². The minimum atomic E-state index is 0.675. The summed E-state index contributed by atoms with van der Waals surface area (Å²) in [4.78, 5) is 4.98. The molecule has 3 nitrogen and oxygen atoms in total. The Labute approximate surface area is 120 Å². The van der Waals surface area contributed by atoms with Crippen LogP contribution in [0.1, 0.15) is 46.5 Å². The largest absolute Gasteiger partial charge is 0.312 e. The summed E-state index contributed by atoms with van der Waals surface area (Å²) in [6, 6.07) is 1.41. The Balaban J connectivity index is 2.24. The van der Waals surface area contributed by atoms with Crippen molar-refractivity contribution < 1.29 is 0 Å². The van der Waals surface area contributed by atoms with Gasteiger partial charge in [0.2, 0.25) is 0 Å². The van der Waals surface area contributed by atoms with E-state index in [1.165, 1.54) is 45.3 Å². The molecule has 1 fully saturated rings. The summed E-state index contributed by atoms with van der Waals surface area (Å²) in [5.41, 5.74) is 0. The van der Waals surface area contributed by atoms with E-state index in [1.54, 1.807) is 0 Å². The van der Waals surface area contributed by atoms with Crippen LogP contribution in [0.15, 0.2) is 0 Å². The summed E-state index contributed by atoms with van der Waals surface area (Å²) in [5.74, 6) is 0.778. The molecule has 114 valence electrons. The highest BCUT2D eigenvalue weighted by atomic mass is 15.2. The molecule has 0 bridgehead atoms. The predicted octanol–water partition coefficient (Wildman–Crippen LogP) is 2.43. The van der Waals surface area contributed by atoms with Crippen LogP contribution in [0.2, 0.25) is 0 Å². The Bertz CT molecular complexity index is 220. The van der Waals surface area contributed by atoms with Gasteiger partial charge >= 0.3 is 0 Å². The van der Waals surface area contributed by atoms with Crippen molar-refractivity contribution in [2.45, 2.75) is 58.5 Å². The molecule has 0 spiro atoms. The first-order valence-corrected chi connectivity index (χ1v) is 8.15. The fourth-order valence-corrected chi connectivity index (χ4v) is 3.00. The second kappa shape index (κ2) is 8.93. The number of likely N-dealkylation sites (tertiary alicyclic amines) is 1. The normalized spacial score (nSPS) is 20.4. The maximum absolute atomic E-state index is 3.80. The minimum Gasteiger partial charge on any atom is -0.312 e. The third-order valence-corrected chi connectivity index (χ3v) is 4.24. The van der Waals surface area contributed by atoms with Crippen LogP contribution >= 0.6 is 0 Å². The van der Waals surface area contributed by atoms with E-state index in [1.807, 2.05) is 0 Å². The number of hydrogen-bond acceptors (Lipinski definition) is 3. The first-order chi connectivity index (χ1) is 9.02. The van der Waals surface area contributed by atoms with Gasteiger partial charge in [0, 0.05) is 18.6 Å². The van der Waals surface area contributed by atoms with Gasteiger partial charge in [0.25, 0.3) is 0 Å². The Kier molecular flexibility index (Phi) is 7.96. The van der Waals surface area contributed by atoms with Gasteiger partial charge in [-0.15, -0.1) is 0 Å². The lowest BCUT2D eigenvalue weighted by atomic mass is 10.0. The maximum atomic E-state index is 3.80. The maximum Gasteiger partial charge on any atom is 0.0217 e. The molecule has 1 rings (SSSR count). The van der Waals surface area contributed by atoms with Crippen molar-refractivity contribution in [1.82, 2.24) is 15.1 Å². The van der Waals surface area contributed by atoms with Crippen LogP contribution in [0.3, 0.4) is 0 Å². The zero-order valence-electron chi connectivity index (χ0n) is 13.8. The minimum absolute atomic E-state index is 0.675. The van der Waals surface area contributed by atoms with Gasteiger partial charge in [-0.05, 0) is 65.3 Å². The molecule has 1 atom stereocenters. The van der Waals surface area contributed by atoms with E-state index < -0.39 is 0 Å². The fraction of sp³-hybridized carbons (Fsp3) is 1.00. The average molecular weight is 269 g/mol. The Hall–Kier alpha value is -0.120. The summed E-state index contributed by atoms with van der Waals surface area (Å²) in [7, 11) is 4.41. The molecule has 0 aromatic carbocycles. The molecule has 1 aliphatic heterocycles. The number of hydrogen-bond donors (Lipinski definition) is 1. The van der Waals surface area contributed by atoms with Gasteiger partial charge in [0.05, 0.1) is 0 Å². The Morgan fingerprint density at radius 1 is 1.21 bits per heavy atom. The van der Waals surface area contributed by atoms with Crippen molar-refractivity contribution in [2.75, 3.05) is 40.3 Å². The van der Waals surface area contributed by atoms with Crippen LogP contribution in [0.25, 0.3) is 0 Å². The smallest absolute Gasteiger partial charge is 0.0217 e. The van der Waals surface area contributed by atoms with E-state index in [-0.39, 0.29) is 0 Å². The van der Waals surface area contributed by atoms with Crippen molar-refractivity contribution in [3.05, 3.63) is 0 Å². The van der Waals surface area contributed by atoms with Gasteiger partial charge in [0.1, 0.15) is 0 Å². The summed E-state index contributed by atoms with van der Waals surface area (Å²) in [5, 5.41) is 3.80. The standard InChI is InChI=1S/C16H35N3/c1-6-9-19-10-7-15(8-11-19)17-13-16(18(4)5)12-14(2)3/h14-17H,6-13H2,1-5H3. The number of nitrogens with zero attached hydrogens (tertiary/aromatic N) is 2. The van der Waals surface area contributed by atoms with Crippen molar-refractivity contribution in [3.8, 4) is 0 Å². The van der Waals surface area contributed by atoms with Crippen LogP contribution in [0.5, 0.6) is 0 Å². The molecular weight excluding hydrogens is 234 g/mol. The van der Waals surface area contributed by atoms with Crippen molar-refractivity contribution in [1.29, 1.82) is 0 Å². The molecule has 19 heavy (non-hydrogen) atoms. The van der Waals surface area contributed by atoms with Gasteiger partial charge in [-0.2, -0.15) is 0 Å². The van der Waals surface area contributed by atoms with Gasteiger partial charge in [-0.25, -0.2) is 0 Å². The monoisotopic (exact) mass is 269 g/mol. The van der Waals surface area contributed by atoms with E-state index in [2.05, 4.69) is 50.0 Å². The molecule has 0 aliphatic carbocycles. The van der Waals surface area contributed by atoms with Gasteiger partial charge in [0.15, 0.2) is 0 Å². The quantitative estimate of drug-likeness (QED) is 0.730. The molecule has 1 unspecified atom stereocenters. The molecular formula is C16H35N3. The molecule has 1 aliphatic rings. The molecule has 0 amide bonds. The van der Waals surface area contributed by atoms with E-state index in [9.17, 15) is 0 Å². The van der Waals surface area contributed by atoms with E-state index in [4.69, 9.17) is 0 Å². The molecule has 0 aromatic heterocycles. The average Bonchev–Trinajstić information content (AvgIpc) is 2.36. The lowest BCUT2D eigenvalue weighted by Gasteiger charge is -2.34. The molecule has 1 N–H and O–H groups in total. The van der Waals surface area contributed by atoms with Crippen molar-refractivity contribution in [3.63, 3.8) is 0 Å². The predicted molar refractivity (Wildman–Crippen MR) is 84.7 cm³/mol. The first kappa shape index (κ1) is 16.9. The summed E-state index contributed by atoms with van der Waals surface area (Å²) < 4.78 is 0. The van der Waals surface area contributed by atoms with Crippen molar-refractivity contribution >= 4 is 0 Å². The zero-order chi connectivity index (χ0) is 14.3. The van der Waals surface area contributed by atoms with Crippen LogP contribution in [0.4, 0.5) is 0 Å². The Morgan fingerprint density at radius 2 is 1.84 bits per heavy atom. The molecule has 0 saturated carbocycles.